The summed E-state index contributed by atoms with van der Waals surface area (Å²) < 4.78 is 0. The monoisotopic (exact) mass is 258 g/mol. The molecule has 1 aliphatic rings. The molecular weight excluding hydrogens is 236 g/mol. The van der Waals surface area contributed by atoms with Crippen LogP contribution in [0, 0.1) is 0 Å². The Morgan fingerprint density at radius 3 is 2.56 bits per heavy atom. The molecule has 6 nitrogen and oxygen atoms in total. The highest BCUT2D eigenvalue weighted by Gasteiger charge is 2.33. The molecule has 0 aromatic rings. The van der Waals surface area contributed by atoms with Crippen LogP contribution in [-0.2, 0) is 4.79 Å². The summed E-state index contributed by atoms with van der Waals surface area (Å²) in [6.07, 6.45) is 1.55. The van der Waals surface area contributed by atoms with Crippen LogP contribution in [0.4, 0.5) is 4.79 Å². The number of rotatable bonds is 4. The van der Waals surface area contributed by atoms with E-state index in [2.05, 4.69) is 0 Å². The number of nitrogens with zero attached hydrogens (tertiary/aromatic N) is 2. The van der Waals surface area contributed by atoms with Crippen LogP contribution >= 0.6 is 0 Å². The average molecular weight is 258 g/mol. The van der Waals surface area contributed by atoms with Gasteiger partial charge in [-0.2, -0.15) is 0 Å². The van der Waals surface area contributed by atoms with Gasteiger partial charge in [0.2, 0.25) is 0 Å². The van der Waals surface area contributed by atoms with Crippen molar-refractivity contribution in [2.45, 2.75) is 44.8 Å². The van der Waals surface area contributed by atoms with Crippen molar-refractivity contribution >= 4 is 12.0 Å². The van der Waals surface area contributed by atoms with Gasteiger partial charge in [-0.3, -0.25) is 4.79 Å². The maximum absolute atomic E-state index is 12.2. The lowest BCUT2D eigenvalue weighted by Gasteiger charge is -2.32. The number of likely N-dealkylation sites (N-methyl/N-ethyl adjacent to an activating group) is 1. The van der Waals surface area contributed by atoms with E-state index in [0.29, 0.717) is 6.54 Å². The van der Waals surface area contributed by atoms with Gasteiger partial charge in [0, 0.05) is 19.6 Å². The van der Waals surface area contributed by atoms with Crippen LogP contribution in [0.5, 0.6) is 0 Å². The first-order chi connectivity index (χ1) is 8.20. The molecule has 1 saturated heterocycles. The SMILES string of the molecule is CN(CC(C)(C)O)C(=O)N1CCCC1CC(=O)O. The van der Waals surface area contributed by atoms with Crippen molar-refractivity contribution in [2.24, 2.45) is 0 Å². The Bertz CT molecular complexity index is 325. The minimum Gasteiger partial charge on any atom is -0.481 e. The fourth-order valence-electron chi connectivity index (χ4n) is 2.37. The summed E-state index contributed by atoms with van der Waals surface area (Å²) in [6, 6.07) is -0.430. The summed E-state index contributed by atoms with van der Waals surface area (Å²) in [5.74, 6) is -0.884. The maximum atomic E-state index is 12.2. The van der Waals surface area contributed by atoms with E-state index in [1.54, 1.807) is 25.8 Å². The number of urea groups is 1. The molecule has 1 fully saturated rings. The molecule has 0 saturated carbocycles. The molecule has 0 aliphatic carbocycles. The zero-order chi connectivity index (χ0) is 13.9. The van der Waals surface area contributed by atoms with E-state index in [1.165, 1.54) is 4.90 Å². The van der Waals surface area contributed by atoms with Gasteiger partial charge in [-0.15, -0.1) is 0 Å². The predicted molar refractivity (Wildman–Crippen MR) is 66.3 cm³/mol. The van der Waals surface area contributed by atoms with Gasteiger partial charge >= 0.3 is 12.0 Å². The summed E-state index contributed by atoms with van der Waals surface area (Å²) in [5, 5.41) is 18.5. The first kappa shape index (κ1) is 14.8. The third-order valence-electron chi connectivity index (χ3n) is 2.98. The number of hydrogen-bond acceptors (Lipinski definition) is 3. The number of likely N-dealkylation sites (tertiary alicyclic amines) is 1. The van der Waals surface area contributed by atoms with Gasteiger partial charge in [0.15, 0.2) is 0 Å². The fourth-order valence-corrected chi connectivity index (χ4v) is 2.37. The van der Waals surface area contributed by atoms with Gasteiger partial charge in [0.25, 0.3) is 0 Å². The van der Waals surface area contributed by atoms with E-state index in [-0.39, 0.29) is 25.0 Å². The molecule has 0 aromatic carbocycles. The van der Waals surface area contributed by atoms with Crippen molar-refractivity contribution in [3.05, 3.63) is 0 Å². The van der Waals surface area contributed by atoms with E-state index in [1.807, 2.05) is 0 Å². The van der Waals surface area contributed by atoms with Crippen molar-refractivity contribution in [3.63, 3.8) is 0 Å². The lowest BCUT2D eigenvalue weighted by Crippen LogP contribution is -2.48. The van der Waals surface area contributed by atoms with Crippen LogP contribution in [0.2, 0.25) is 0 Å². The lowest BCUT2D eigenvalue weighted by atomic mass is 10.1. The molecule has 1 heterocycles. The second-order valence-corrected chi connectivity index (χ2v) is 5.54. The van der Waals surface area contributed by atoms with Crippen molar-refractivity contribution < 1.29 is 19.8 Å². The highest BCUT2D eigenvalue weighted by Crippen LogP contribution is 2.21. The van der Waals surface area contributed by atoms with Gasteiger partial charge in [-0.05, 0) is 26.7 Å². The highest BCUT2D eigenvalue weighted by atomic mass is 16.4. The summed E-state index contributed by atoms with van der Waals surface area (Å²) in [6.45, 7) is 4.08. The fraction of sp³-hybridized carbons (Fsp3) is 0.833. The summed E-state index contributed by atoms with van der Waals surface area (Å²) >= 11 is 0. The number of carboxylic acid groups (broad SMARTS) is 1. The van der Waals surface area contributed by atoms with Crippen LogP contribution in [0.3, 0.4) is 0 Å². The topological polar surface area (TPSA) is 81.1 Å². The summed E-state index contributed by atoms with van der Waals surface area (Å²) in [5.41, 5.74) is -0.952. The Kier molecular flexibility index (Phi) is 4.56. The van der Waals surface area contributed by atoms with Crippen molar-refractivity contribution in [1.29, 1.82) is 0 Å². The third kappa shape index (κ3) is 4.18. The number of hydrogen-bond donors (Lipinski definition) is 2. The van der Waals surface area contributed by atoms with Gasteiger partial charge < -0.3 is 20.0 Å². The molecule has 2 N–H and O–H groups in total. The van der Waals surface area contributed by atoms with Crippen molar-refractivity contribution in [1.82, 2.24) is 9.80 Å². The quantitative estimate of drug-likeness (QED) is 0.779. The second-order valence-electron chi connectivity index (χ2n) is 5.54. The molecule has 6 heteroatoms. The van der Waals surface area contributed by atoms with Crippen LogP contribution in [0.25, 0.3) is 0 Å². The molecular formula is C12H22N2O4. The maximum Gasteiger partial charge on any atom is 0.320 e. The smallest absolute Gasteiger partial charge is 0.320 e. The Balaban J connectivity index is 2.62. The first-order valence-corrected chi connectivity index (χ1v) is 6.16. The first-order valence-electron chi connectivity index (χ1n) is 6.16. The highest BCUT2D eigenvalue weighted by molar-refractivity contribution is 5.76. The molecule has 0 aromatic heterocycles. The minimum absolute atomic E-state index is 0.0118. The molecule has 18 heavy (non-hydrogen) atoms. The molecule has 0 radical (unpaired) electrons. The standard InChI is InChI=1S/C12H22N2O4/c1-12(2,18)8-13(3)11(17)14-6-4-5-9(14)7-10(15)16/h9,18H,4-8H2,1-3H3,(H,15,16). The number of carbonyl (C=O) groups is 2. The largest absolute Gasteiger partial charge is 0.481 e. The predicted octanol–water partition coefficient (Wildman–Crippen LogP) is 0.748. The molecule has 1 unspecified atom stereocenters. The van der Waals surface area contributed by atoms with Crippen LogP contribution < -0.4 is 0 Å². The Morgan fingerprint density at radius 2 is 2.06 bits per heavy atom. The van der Waals surface area contributed by atoms with Gasteiger partial charge in [-0.1, -0.05) is 0 Å². The summed E-state index contributed by atoms with van der Waals surface area (Å²) in [4.78, 5) is 25.9. The van der Waals surface area contributed by atoms with Gasteiger partial charge in [0.05, 0.1) is 18.6 Å². The van der Waals surface area contributed by atoms with Gasteiger partial charge in [0.1, 0.15) is 0 Å². The molecule has 0 bridgehead atoms. The molecule has 2 amide bonds. The van der Waals surface area contributed by atoms with Crippen LogP contribution in [-0.4, -0.2) is 63.8 Å². The van der Waals surface area contributed by atoms with Crippen LogP contribution in [0.15, 0.2) is 0 Å². The third-order valence-corrected chi connectivity index (χ3v) is 2.98. The molecule has 1 aliphatic heterocycles. The van der Waals surface area contributed by atoms with E-state index in [0.717, 1.165) is 12.8 Å². The number of aliphatic hydroxyl groups is 1. The number of carbonyl (C=O) groups excluding carboxylic acids is 1. The minimum atomic E-state index is -0.952. The van der Waals surface area contributed by atoms with Crippen LogP contribution in [0.1, 0.15) is 33.1 Å². The zero-order valence-electron chi connectivity index (χ0n) is 11.2. The van der Waals surface area contributed by atoms with Crippen molar-refractivity contribution in [3.8, 4) is 0 Å². The number of aliphatic carboxylic acids is 1. The lowest BCUT2D eigenvalue weighted by molar-refractivity contribution is -0.138. The zero-order valence-corrected chi connectivity index (χ0v) is 11.2. The molecule has 1 atom stereocenters. The van der Waals surface area contributed by atoms with E-state index >= 15 is 0 Å². The number of carboxylic acids is 1. The number of amides is 2. The Labute approximate surface area is 107 Å². The van der Waals surface area contributed by atoms with Crippen molar-refractivity contribution in [2.75, 3.05) is 20.1 Å². The van der Waals surface area contributed by atoms with E-state index in [9.17, 15) is 14.7 Å². The second kappa shape index (κ2) is 5.56. The average Bonchev–Trinajstić information content (AvgIpc) is 2.60. The van der Waals surface area contributed by atoms with E-state index < -0.39 is 11.6 Å². The Morgan fingerprint density at radius 1 is 1.44 bits per heavy atom. The summed E-state index contributed by atoms with van der Waals surface area (Å²) in [7, 11) is 1.62. The normalized spacial score (nSPS) is 20.0. The van der Waals surface area contributed by atoms with E-state index in [4.69, 9.17) is 5.11 Å². The Hall–Kier alpha value is -1.30. The van der Waals surface area contributed by atoms with Gasteiger partial charge in [-0.25, -0.2) is 4.79 Å². The molecule has 0 spiro atoms. The molecule has 104 valence electrons. The molecule has 1 rings (SSSR count).